The summed E-state index contributed by atoms with van der Waals surface area (Å²) in [6.07, 6.45) is -4.71. The zero-order valence-corrected chi connectivity index (χ0v) is 19.8. The van der Waals surface area contributed by atoms with E-state index in [0.29, 0.717) is 27.4 Å². The van der Waals surface area contributed by atoms with Gasteiger partial charge in [0.15, 0.2) is 5.82 Å². The van der Waals surface area contributed by atoms with Crippen LogP contribution in [0.1, 0.15) is 39.2 Å². The van der Waals surface area contributed by atoms with Gasteiger partial charge in [-0.3, -0.25) is 9.48 Å². The zero-order chi connectivity index (χ0) is 24.6. The van der Waals surface area contributed by atoms with E-state index in [2.05, 4.69) is 41.5 Å². The molecule has 0 aliphatic heterocycles. The van der Waals surface area contributed by atoms with Gasteiger partial charge >= 0.3 is 6.18 Å². The van der Waals surface area contributed by atoms with Crippen molar-refractivity contribution >= 4 is 38.4 Å². The zero-order valence-electron chi connectivity index (χ0n) is 18.2. The lowest BCUT2D eigenvalue weighted by Crippen LogP contribution is -2.17. The summed E-state index contributed by atoms with van der Waals surface area (Å²) in [6.45, 7) is 3.72. The van der Waals surface area contributed by atoms with Gasteiger partial charge in [0.25, 0.3) is 5.91 Å². The van der Waals surface area contributed by atoms with E-state index in [1.165, 1.54) is 13.2 Å². The van der Waals surface area contributed by atoms with Gasteiger partial charge in [0.2, 0.25) is 5.89 Å². The maximum Gasteiger partial charge on any atom is 0.433 e. The number of halogens is 4. The van der Waals surface area contributed by atoms with E-state index in [1.807, 2.05) is 0 Å². The third-order valence-electron chi connectivity index (χ3n) is 4.99. The van der Waals surface area contributed by atoms with Crippen molar-refractivity contribution in [2.75, 3.05) is 12.4 Å². The molecule has 13 heteroatoms. The second-order valence-corrected chi connectivity index (χ2v) is 8.32. The number of hydrogen-bond donors (Lipinski definition) is 1. The number of fused-ring (bicyclic) bond motifs is 1. The minimum absolute atomic E-state index is 0.0515. The normalized spacial score (nSPS) is 11.9. The summed E-state index contributed by atoms with van der Waals surface area (Å²) in [4.78, 5) is 21.0. The Morgan fingerprint density at radius 1 is 1.24 bits per heavy atom. The standard InChI is InChI=1S/C21H18BrF3N6O3/c1-10-19(11(2)31(29-10)8-18-27-17(9-33-3)30-34-18)28-20(32)14-7-16(21(23,24)25)26-15-5-4-12(22)6-13(14)15/h4-7H,8-9H2,1-3H3,(H,28,32). The maximum absolute atomic E-state index is 13.4. The first kappa shape index (κ1) is 23.8. The van der Waals surface area contributed by atoms with Gasteiger partial charge < -0.3 is 14.6 Å². The Morgan fingerprint density at radius 3 is 2.71 bits per heavy atom. The van der Waals surface area contributed by atoms with Crippen LogP contribution in [0.2, 0.25) is 0 Å². The molecule has 0 aliphatic rings. The van der Waals surface area contributed by atoms with Crippen LogP contribution in [0.3, 0.4) is 0 Å². The number of methoxy groups -OCH3 is 1. The number of ether oxygens (including phenoxy) is 1. The highest BCUT2D eigenvalue weighted by Gasteiger charge is 2.34. The van der Waals surface area contributed by atoms with Crippen LogP contribution in [0.4, 0.5) is 18.9 Å². The second kappa shape index (κ2) is 9.14. The van der Waals surface area contributed by atoms with Crippen LogP contribution < -0.4 is 5.32 Å². The smallest absolute Gasteiger partial charge is 0.377 e. The molecule has 178 valence electrons. The molecular formula is C21H18BrF3N6O3. The minimum atomic E-state index is -4.71. The van der Waals surface area contributed by atoms with Crippen LogP contribution in [0, 0.1) is 13.8 Å². The van der Waals surface area contributed by atoms with Gasteiger partial charge in [-0.2, -0.15) is 23.3 Å². The van der Waals surface area contributed by atoms with Crippen molar-refractivity contribution < 1.29 is 27.2 Å². The fraction of sp³-hybridized carbons (Fsp3) is 0.286. The van der Waals surface area contributed by atoms with Gasteiger partial charge in [-0.25, -0.2) is 4.98 Å². The maximum atomic E-state index is 13.4. The van der Waals surface area contributed by atoms with Crippen molar-refractivity contribution in [1.82, 2.24) is 24.9 Å². The molecule has 0 saturated carbocycles. The van der Waals surface area contributed by atoms with Gasteiger partial charge in [0.1, 0.15) is 18.8 Å². The molecule has 0 saturated heterocycles. The number of amides is 1. The summed E-state index contributed by atoms with van der Waals surface area (Å²) in [7, 11) is 1.51. The van der Waals surface area contributed by atoms with Crippen LogP contribution in [-0.4, -0.2) is 37.9 Å². The summed E-state index contributed by atoms with van der Waals surface area (Å²) >= 11 is 3.29. The lowest BCUT2D eigenvalue weighted by molar-refractivity contribution is -0.140. The van der Waals surface area contributed by atoms with Crippen molar-refractivity contribution in [3.05, 3.63) is 63.1 Å². The second-order valence-electron chi connectivity index (χ2n) is 7.41. The number of aryl methyl sites for hydroxylation is 1. The Kier molecular flexibility index (Phi) is 6.41. The summed E-state index contributed by atoms with van der Waals surface area (Å²) in [5.74, 6) is -0.0546. The molecule has 0 unspecified atom stereocenters. The average molecular weight is 539 g/mol. The van der Waals surface area contributed by atoms with E-state index in [0.717, 1.165) is 6.07 Å². The number of pyridine rings is 1. The first-order chi connectivity index (χ1) is 16.1. The van der Waals surface area contributed by atoms with E-state index in [9.17, 15) is 18.0 Å². The van der Waals surface area contributed by atoms with Gasteiger partial charge in [-0.15, -0.1) is 0 Å². The van der Waals surface area contributed by atoms with E-state index in [-0.39, 0.29) is 35.5 Å². The third-order valence-corrected chi connectivity index (χ3v) is 5.49. The highest BCUT2D eigenvalue weighted by atomic mass is 79.9. The van der Waals surface area contributed by atoms with Gasteiger partial charge in [-0.1, -0.05) is 21.1 Å². The fourth-order valence-electron chi connectivity index (χ4n) is 3.41. The number of aromatic nitrogens is 5. The molecule has 0 atom stereocenters. The average Bonchev–Trinajstić information content (AvgIpc) is 3.31. The minimum Gasteiger partial charge on any atom is -0.377 e. The first-order valence-corrected chi connectivity index (χ1v) is 10.7. The number of alkyl halides is 3. The highest BCUT2D eigenvalue weighted by molar-refractivity contribution is 9.10. The van der Waals surface area contributed by atoms with E-state index in [1.54, 1.807) is 30.7 Å². The monoisotopic (exact) mass is 538 g/mol. The number of rotatable bonds is 6. The third kappa shape index (κ3) is 4.80. The molecule has 0 radical (unpaired) electrons. The summed E-state index contributed by atoms with van der Waals surface area (Å²) < 4.78 is 52.5. The van der Waals surface area contributed by atoms with Crippen molar-refractivity contribution in [3.63, 3.8) is 0 Å². The predicted molar refractivity (Wildman–Crippen MR) is 118 cm³/mol. The largest absolute Gasteiger partial charge is 0.433 e. The summed E-state index contributed by atoms with van der Waals surface area (Å²) in [5.41, 5.74) is 0.142. The van der Waals surface area contributed by atoms with Crippen LogP contribution in [0.25, 0.3) is 10.9 Å². The lowest BCUT2D eigenvalue weighted by Gasteiger charge is -2.13. The summed E-state index contributed by atoms with van der Waals surface area (Å²) in [6, 6.07) is 5.27. The lowest BCUT2D eigenvalue weighted by atomic mass is 10.1. The molecule has 3 heterocycles. The number of anilines is 1. The molecular weight excluding hydrogens is 521 g/mol. The van der Waals surface area contributed by atoms with E-state index < -0.39 is 17.8 Å². The molecule has 1 aromatic carbocycles. The predicted octanol–water partition coefficient (Wildman–Crippen LogP) is 4.66. The Bertz CT molecular complexity index is 1380. The molecule has 1 N–H and O–H groups in total. The Labute approximate surface area is 199 Å². The highest BCUT2D eigenvalue weighted by Crippen LogP contribution is 2.32. The van der Waals surface area contributed by atoms with Crippen molar-refractivity contribution in [2.45, 2.75) is 33.2 Å². The Hall–Kier alpha value is -3.32. The van der Waals surface area contributed by atoms with E-state index in [4.69, 9.17) is 9.26 Å². The van der Waals surface area contributed by atoms with Crippen LogP contribution in [0.5, 0.6) is 0 Å². The molecule has 4 aromatic rings. The van der Waals surface area contributed by atoms with Gasteiger partial charge in [-0.05, 0) is 38.1 Å². The fourth-order valence-corrected chi connectivity index (χ4v) is 3.78. The SMILES string of the molecule is COCc1noc(Cn2nc(C)c(NC(=O)c3cc(C(F)(F)F)nc4ccc(Br)cc34)c2C)n1. The van der Waals surface area contributed by atoms with Crippen molar-refractivity contribution in [3.8, 4) is 0 Å². The quantitative estimate of drug-likeness (QED) is 0.380. The van der Waals surface area contributed by atoms with Gasteiger partial charge in [0, 0.05) is 17.0 Å². The van der Waals surface area contributed by atoms with Crippen LogP contribution in [0.15, 0.2) is 33.3 Å². The van der Waals surface area contributed by atoms with Gasteiger partial charge in [0.05, 0.1) is 28.2 Å². The molecule has 3 aromatic heterocycles. The molecule has 0 bridgehead atoms. The molecule has 4 rings (SSSR count). The first-order valence-electron chi connectivity index (χ1n) is 9.90. The number of carbonyl (C=O) groups is 1. The van der Waals surface area contributed by atoms with E-state index >= 15 is 0 Å². The van der Waals surface area contributed by atoms with Crippen LogP contribution in [-0.2, 0) is 24.1 Å². The number of carbonyl (C=O) groups excluding carboxylic acids is 1. The molecule has 0 spiro atoms. The van der Waals surface area contributed by atoms with Crippen molar-refractivity contribution in [1.29, 1.82) is 0 Å². The number of nitrogens with zero attached hydrogens (tertiary/aromatic N) is 5. The van der Waals surface area contributed by atoms with Crippen LogP contribution >= 0.6 is 15.9 Å². The number of hydrogen-bond acceptors (Lipinski definition) is 7. The Balaban J connectivity index is 1.67. The molecule has 1 amide bonds. The topological polar surface area (TPSA) is 108 Å². The summed E-state index contributed by atoms with van der Waals surface area (Å²) in [5, 5.41) is 11.1. The Morgan fingerprint density at radius 2 is 2.00 bits per heavy atom. The number of nitrogens with one attached hydrogen (secondary N) is 1. The molecule has 9 nitrogen and oxygen atoms in total. The van der Waals surface area contributed by atoms with Crippen molar-refractivity contribution in [2.24, 2.45) is 0 Å². The molecule has 34 heavy (non-hydrogen) atoms. The molecule has 0 fully saturated rings. The molecule has 0 aliphatic carbocycles. The number of benzene rings is 1.